The average Bonchev–Trinajstić information content (AvgIpc) is 2.74. The quantitative estimate of drug-likeness (QED) is 0.462. The van der Waals surface area contributed by atoms with Crippen LogP contribution in [0.1, 0.15) is 33.6 Å². The average molecular weight is 249 g/mol. The number of hydrogen-bond donors (Lipinski definition) is 1. The van der Waals surface area contributed by atoms with Crippen LogP contribution in [0, 0.1) is 5.92 Å². The van der Waals surface area contributed by atoms with Gasteiger partial charge in [0.2, 0.25) is 0 Å². The van der Waals surface area contributed by atoms with Crippen molar-refractivity contribution < 1.29 is 0 Å². The fourth-order valence-corrected chi connectivity index (χ4v) is 2.44. The van der Waals surface area contributed by atoms with Crippen LogP contribution in [0.5, 0.6) is 0 Å². The highest BCUT2D eigenvalue weighted by Crippen LogP contribution is 2.19. The molecule has 0 aliphatic carbocycles. The molecule has 0 aromatic rings. The number of amidine groups is 1. The maximum atomic E-state index is 6.15. The Labute approximate surface area is 111 Å². The summed E-state index contributed by atoms with van der Waals surface area (Å²) in [4.78, 5) is 6.98. The van der Waals surface area contributed by atoms with Gasteiger partial charge in [0.15, 0.2) is 0 Å². The van der Waals surface area contributed by atoms with Crippen molar-refractivity contribution in [2.75, 3.05) is 13.6 Å². The molecule has 3 nitrogen and oxygen atoms in total. The highest BCUT2D eigenvalue weighted by Gasteiger charge is 2.25. The molecule has 0 aromatic heterocycles. The van der Waals surface area contributed by atoms with Gasteiger partial charge in [-0.25, -0.2) is 0 Å². The molecule has 102 valence electrons. The summed E-state index contributed by atoms with van der Waals surface area (Å²) in [5.74, 6) is 1.19. The summed E-state index contributed by atoms with van der Waals surface area (Å²) in [6.45, 7) is 11.3. The fourth-order valence-electron chi connectivity index (χ4n) is 2.44. The third-order valence-electron chi connectivity index (χ3n) is 4.04. The number of hydrogen-bond acceptors (Lipinski definition) is 2. The molecule has 3 heteroatoms. The molecular formula is C15H27N3. The number of likely N-dealkylation sites (N-methyl/N-ethyl adjacent to an activating group) is 1. The molecule has 0 aromatic carbocycles. The van der Waals surface area contributed by atoms with Crippen LogP contribution in [0.3, 0.4) is 0 Å². The molecule has 2 unspecified atom stereocenters. The normalized spacial score (nSPS) is 26.1. The van der Waals surface area contributed by atoms with Crippen LogP contribution >= 0.6 is 0 Å². The van der Waals surface area contributed by atoms with Gasteiger partial charge in [-0.3, -0.25) is 9.89 Å². The molecule has 1 saturated heterocycles. The third-order valence-corrected chi connectivity index (χ3v) is 4.04. The van der Waals surface area contributed by atoms with Crippen LogP contribution in [0.2, 0.25) is 0 Å². The molecule has 3 atom stereocenters. The van der Waals surface area contributed by atoms with Gasteiger partial charge < -0.3 is 5.73 Å². The van der Waals surface area contributed by atoms with Crippen LogP contribution in [0.25, 0.3) is 0 Å². The largest absolute Gasteiger partial charge is 0.386 e. The maximum Gasteiger partial charge on any atom is 0.111 e. The lowest BCUT2D eigenvalue weighted by molar-refractivity contribution is 0.369. The Hall–Kier alpha value is -1.09. The van der Waals surface area contributed by atoms with Crippen LogP contribution in [-0.4, -0.2) is 36.4 Å². The van der Waals surface area contributed by atoms with Gasteiger partial charge in [-0.1, -0.05) is 31.2 Å². The van der Waals surface area contributed by atoms with Crippen molar-refractivity contribution in [3.63, 3.8) is 0 Å². The lowest BCUT2D eigenvalue weighted by Crippen LogP contribution is -2.39. The van der Waals surface area contributed by atoms with E-state index in [1.165, 1.54) is 12.0 Å². The van der Waals surface area contributed by atoms with Crippen molar-refractivity contribution in [2.45, 2.75) is 45.7 Å². The van der Waals surface area contributed by atoms with Crippen molar-refractivity contribution in [3.8, 4) is 0 Å². The summed E-state index contributed by atoms with van der Waals surface area (Å²) in [6, 6.07) is 0.554. The molecule has 0 amide bonds. The zero-order valence-corrected chi connectivity index (χ0v) is 12.2. The first-order valence-electron chi connectivity index (χ1n) is 6.80. The molecule has 0 bridgehead atoms. The standard InChI is InChI=1S/C15H27N3/c1-6-8-11(2)12(3)13(4)17-15(16)14-9-7-10-18(14)5/h6,8,12-14H,1,7,9-10H2,2-5H3,(H2,16,17)/b11-8-/t12?,13?,14-/m0/s1. The predicted octanol–water partition coefficient (Wildman–Crippen LogP) is 2.59. The molecule has 0 radical (unpaired) electrons. The summed E-state index contributed by atoms with van der Waals surface area (Å²) in [5.41, 5.74) is 7.45. The minimum absolute atomic E-state index is 0.218. The number of nitrogens with zero attached hydrogens (tertiary/aromatic N) is 2. The first-order valence-corrected chi connectivity index (χ1v) is 6.80. The number of nitrogens with two attached hydrogens (primary N) is 1. The number of rotatable bonds is 5. The van der Waals surface area contributed by atoms with E-state index in [1.807, 2.05) is 6.08 Å². The second kappa shape index (κ2) is 6.74. The van der Waals surface area contributed by atoms with E-state index in [-0.39, 0.29) is 6.04 Å². The lowest BCUT2D eigenvalue weighted by atomic mass is 9.95. The van der Waals surface area contributed by atoms with Crippen LogP contribution in [-0.2, 0) is 0 Å². The zero-order chi connectivity index (χ0) is 13.7. The molecule has 0 saturated carbocycles. The minimum Gasteiger partial charge on any atom is -0.386 e. The van der Waals surface area contributed by atoms with Gasteiger partial charge in [-0.2, -0.15) is 0 Å². The Morgan fingerprint density at radius 3 is 2.67 bits per heavy atom. The van der Waals surface area contributed by atoms with Crippen molar-refractivity contribution >= 4 is 5.84 Å². The van der Waals surface area contributed by atoms with Gasteiger partial charge in [0, 0.05) is 0 Å². The Bertz CT molecular complexity index is 344. The van der Waals surface area contributed by atoms with Gasteiger partial charge >= 0.3 is 0 Å². The van der Waals surface area contributed by atoms with Gasteiger partial charge in [-0.05, 0) is 46.2 Å². The predicted molar refractivity (Wildman–Crippen MR) is 79.9 cm³/mol. The smallest absolute Gasteiger partial charge is 0.111 e. The molecule has 1 rings (SSSR count). The summed E-state index contributed by atoms with van der Waals surface area (Å²) < 4.78 is 0. The summed E-state index contributed by atoms with van der Waals surface area (Å²) in [6.07, 6.45) is 6.23. The molecule has 1 aliphatic heterocycles. The summed E-state index contributed by atoms with van der Waals surface area (Å²) >= 11 is 0. The van der Waals surface area contributed by atoms with E-state index >= 15 is 0 Å². The number of aliphatic imine (C=N–C) groups is 1. The highest BCUT2D eigenvalue weighted by atomic mass is 15.2. The molecule has 1 aliphatic rings. The van der Waals surface area contributed by atoms with E-state index < -0.39 is 0 Å². The van der Waals surface area contributed by atoms with Crippen LogP contribution < -0.4 is 5.73 Å². The molecule has 18 heavy (non-hydrogen) atoms. The molecule has 1 heterocycles. The topological polar surface area (TPSA) is 41.6 Å². The molecule has 1 fully saturated rings. The lowest BCUT2D eigenvalue weighted by Gasteiger charge is -2.22. The van der Waals surface area contributed by atoms with Gasteiger partial charge in [0.05, 0.1) is 12.1 Å². The van der Waals surface area contributed by atoms with Crippen molar-refractivity contribution in [2.24, 2.45) is 16.6 Å². The van der Waals surface area contributed by atoms with Crippen LogP contribution in [0.15, 0.2) is 29.3 Å². The number of allylic oxidation sites excluding steroid dienone is 2. The number of likely N-dealkylation sites (tertiary alicyclic amines) is 1. The van der Waals surface area contributed by atoms with Crippen molar-refractivity contribution in [3.05, 3.63) is 24.3 Å². The Kier molecular flexibility index (Phi) is 5.60. The van der Waals surface area contributed by atoms with E-state index in [1.54, 1.807) is 0 Å². The molecule has 0 spiro atoms. The van der Waals surface area contributed by atoms with Gasteiger partial charge in [0.1, 0.15) is 5.84 Å². The highest BCUT2D eigenvalue weighted by molar-refractivity contribution is 5.86. The van der Waals surface area contributed by atoms with E-state index in [9.17, 15) is 0 Å². The zero-order valence-electron chi connectivity index (χ0n) is 12.2. The molecular weight excluding hydrogens is 222 g/mol. The third kappa shape index (κ3) is 3.70. The Balaban J connectivity index is 2.69. The van der Waals surface area contributed by atoms with E-state index in [0.717, 1.165) is 18.8 Å². The SMILES string of the molecule is C=C/C=C(/C)C(C)C(C)N=C(N)[C@@H]1CCCN1C. The Morgan fingerprint density at radius 1 is 1.50 bits per heavy atom. The summed E-state index contributed by atoms with van der Waals surface area (Å²) in [5, 5.41) is 0. The van der Waals surface area contributed by atoms with Crippen molar-refractivity contribution in [1.82, 2.24) is 4.90 Å². The van der Waals surface area contributed by atoms with Gasteiger partial charge in [-0.15, -0.1) is 0 Å². The van der Waals surface area contributed by atoms with Crippen molar-refractivity contribution in [1.29, 1.82) is 0 Å². The van der Waals surface area contributed by atoms with Gasteiger partial charge in [0.25, 0.3) is 0 Å². The molecule has 2 N–H and O–H groups in total. The monoisotopic (exact) mass is 249 g/mol. The fraction of sp³-hybridized carbons (Fsp3) is 0.667. The second-order valence-corrected chi connectivity index (χ2v) is 5.37. The van der Waals surface area contributed by atoms with Crippen LogP contribution in [0.4, 0.5) is 0 Å². The van der Waals surface area contributed by atoms with E-state index in [2.05, 4.69) is 45.4 Å². The van der Waals surface area contributed by atoms with E-state index in [0.29, 0.717) is 12.0 Å². The minimum atomic E-state index is 0.218. The first-order chi connectivity index (χ1) is 8.47. The first kappa shape index (κ1) is 15.0. The summed E-state index contributed by atoms with van der Waals surface area (Å²) in [7, 11) is 2.12. The van der Waals surface area contributed by atoms with E-state index in [4.69, 9.17) is 10.7 Å². The maximum absolute atomic E-state index is 6.15. The second-order valence-electron chi connectivity index (χ2n) is 5.37. The Morgan fingerprint density at radius 2 is 2.17 bits per heavy atom.